The third-order valence-electron chi connectivity index (χ3n) is 5.32. The van der Waals surface area contributed by atoms with Crippen LogP contribution in [0.2, 0.25) is 0 Å². The zero-order valence-corrected chi connectivity index (χ0v) is 13.8. The smallest absolute Gasteiger partial charge is 0.224 e. The van der Waals surface area contributed by atoms with Crippen molar-refractivity contribution in [3.05, 3.63) is 35.4 Å². The molecule has 1 N–H and O–H groups in total. The van der Waals surface area contributed by atoms with Crippen LogP contribution in [0.3, 0.4) is 0 Å². The van der Waals surface area contributed by atoms with Crippen LogP contribution in [0.4, 0.5) is 0 Å². The van der Waals surface area contributed by atoms with E-state index in [0.29, 0.717) is 30.5 Å². The first-order chi connectivity index (χ1) is 10.8. The summed E-state index contributed by atoms with van der Waals surface area (Å²) in [7, 11) is 0. The van der Waals surface area contributed by atoms with Gasteiger partial charge in [0, 0.05) is 31.1 Å². The Balaban J connectivity index is 1.37. The minimum absolute atomic E-state index is 0.348. The van der Waals surface area contributed by atoms with E-state index in [-0.39, 0.29) is 0 Å². The number of carbonyl (C=O) groups is 1. The van der Waals surface area contributed by atoms with Crippen LogP contribution in [0.15, 0.2) is 24.3 Å². The van der Waals surface area contributed by atoms with E-state index in [1.54, 1.807) is 0 Å². The van der Waals surface area contributed by atoms with Crippen LogP contribution in [0.1, 0.15) is 30.4 Å². The van der Waals surface area contributed by atoms with E-state index in [1.807, 2.05) is 0 Å². The van der Waals surface area contributed by atoms with Gasteiger partial charge in [0.25, 0.3) is 0 Å². The van der Waals surface area contributed by atoms with E-state index in [0.717, 1.165) is 19.4 Å². The molecule has 1 aromatic rings. The zero-order chi connectivity index (χ0) is 14.9. The second kappa shape index (κ2) is 6.25. The van der Waals surface area contributed by atoms with Gasteiger partial charge < -0.3 is 10.2 Å². The second-order valence-corrected chi connectivity index (χ2v) is 8.06. The molecule has 2 saturated heterocycles. The Morgan fingerprint density at radius 2 is 1.68 bits per heavy atom. The van der Waals surface area contributed by atoms with Gasteiger partial charge in [-0.2, -0.15) is 11.8 Å². The molecular weight excluding hydrogens is 292 g/mol. The number of carbonyl (C=O) groups excluding carboxylic acids is 1. The lowest BCUT2D eigenvalue weighted by Gasteiger charge is -2.27. The second-order valence-electron chi connectivity index (χ2n) is 6.83. The lowest BCUT2D eigenvalue weighted by molar-refractivity contribution is -0.129. The zero-order valence-electron chi connectivity index (χ0n) is 13.0. The molecule has 1 amide bonds. The lowest BCUT2D eigenvalue weighted by Crippen LogP contribution is -2.43. The van der Waals surface area contributed by atoms with E-state index in [1.165, 1.54) is 35.5 Å². The molecule has 4 heteroatoms. The van der Waals surface area contributed by atoms with Crippen molar-refractivity contribution in [2.45, 2.75) is 50.2 Å². The molecule has 22 heavy (non-hydrogen) atoms. The first kappa shape index (κ1) is 14.6. The van der Waals surface area contributed by atoms with Crippen molar-refractivity contribution in [1.82, 2.24) is 10.2 Å². The number of nitrogens with one attached hydrogen (secondary N) is 1. The highest BCUT2D eigenvalue weighted by Gasteiger charge is 2.37. The summed E-state index contributed by atoms with van der Waals surface area (Å²) >= 11 is 2.05. The minimum Gasteiger partial charge on any atom is -0.337 e. The third-order valence-corrected chi connectivity index (χ3v) is 6.37. The normalized spacial score (nSPS) is 26.6. The molecule has 3 aliphatic rings. The Morgan fingerprint density at radius 1 is 1.00 bits per heavy atom. The molecule has 1 unspecified atom stereocenters. The molecule has 1 aliphatic carbocycles. The SMILES string of the molecule is O=C1CC(NC2CCSCC2)CN1C1Cc2ccccc2C1. The summed E-state index contributed by atoms with van der Waals surface area (Å²) in [4.78, 5) is 14.6. The Hall–Kier alpha value is -1.00. The van der Waals surface area contributed by atoms with E-state index in [2.05, 4.69) is 46.2 Å². The third kappa shape index (κ3) is 2.91. The van der Waals surface area contributed by atoms with Crippen LogP contribution in [-0.4, -0.2) is 47.0 Å². The van der Waals surface area contributed by atoms with Crippen molar-refractivity contribution in [2.75, 3.05) is 18.1 Å². The Kier molecular flexibility index (Phi) is 4.14. The van der Waals surface area contributed by atoms with Gasteiger partial charge in [0.2, 0.25) is 5.91 Å². The average Bonchev–Trinajstić information content (AvgIpc) is 3.11. The molecule has 3 nitrogen and oxygen atoms in total. The van der Waals surface area contributed by atoms with E-state index in [4.69, 9.17) is 0 Å². The first-order valence-corrected chi connectivity index (χ1v) is 9.65. The number of amides is 1. The molecule has 0 saturated carbocycles. The number of benzene rings is 1. The van der Waals surface area contributed by atoms with Crippen LogP contribution in [-0.2, 0) is 17.6 Å². The van der Waals surface area contributed by atoms with Crippen LogP contribution < -0.4 is 5.32 Å². The Morgan fingerprint density at radius 3 is 2.36 bits per heavy atom. The maximum absolute atomic E-state index is 12.4. The van der Waals surface area contributed by atoms with Crippen molar-refractivity contribution < 1.29 is 4.79 Å². The summed E-state index contributed by atoms with van der Waals surface area (Å²) in [5.74, 6) is 2.88. The van der Waals surface area contributed by atoms with Crippen molar-refractivity contribution >= 4 is 17.7 Å². The van der Waals surface area contributed by atoms with Gasteiger partial charge in [0.1, 0.15) is 0 Å². The molecule has 2 aliphatic heterocycles. The minimum atomic E-state index is 0.348. The van der Waals surface area contributed by atoms with Gasteiger partial charge in [-0.15, -0.1) is 0 Å². The molecule has 0 spiro atoms. The standard InChI is InChI=1S/C18H24N2OS/c21-18-11-16(19-15-5-7-22-8-6-15)12-20(18)17-9-13-3-1-2-4-14(13)10-17/h1-4,15-17,19H,5-12H2. The Bertz CT molecular complexity index is 531. The lowest BCUT2D eigenvalue weighted by atomic mass is 10.1. The molecule has 118 valence electrons. The highest BCUT2D eigenvalue weighted by Crippen LogP contribution is 2.28. The molecule has 2 heterocycles. The topological polar surface area (TPSA) is 32.3 Å². The van der Waals surface area contributed by atoms with Gasteiger partial charge in [-0.25, -0.2) is 0 Å². The maximum atomic E-state index is 12.4. The molecule has 0 radical (unpaired) electrons. The van der Waals surface area contributed by atoms with Crippen LogP contribution in [0, 0.1) is 0 Å². The number of rotatable bonds is 3. The van der Waals surface area contributed by atoms with Crippen molar-refractivity contribution in [3.63, 3.8) is 0 Å². The monoisotopic (exact) mass is 316 g/mol. The number of fused-ring (bicyclic) bond motifs is 1. The van der Waals surface area contributed by atoms with E-state index < -0.39 is 0 Å². The summed E-state index contributed by atoms with van der Waals surface area (Å²) < 4.78 is 0. The van der Waals surface area contributed by atoms with E-state index >= 15 is 0 Å². The highest BCUT2D eigenvalue weighted by atomic mass is 32.2. The Labute approximate surface area is 136 Å². The largest absolute Gasteiger partial charge is 0.337 e. The summed E-state index contributed by atoms with van der Waals surface area (Å²) in [6.45, 7) is 0.904. The summed E-state index contributed by atoms with van der Waals surface area (Å²) in [5, 5.41) is 3.75. The van der Waals surface area contributed by atoms with Gasteiger partial charge >= 0.3 is 0 Å². The molecule has 1 aromatic carbocycles. The number of hydrogen-bond donors (Lipinski definition) is 1. The molecule has 2 fully saturated rings. The van der Waals surface area contributed by atoms with E-state index in [9.17, 15) is 4.79 Å². The number of thioether (sulfide) groups is 1. The maximum Gasteiger partial charge on any atom is 0.224 e. The van der Waals surface area contributed by atoms with Crippen molar-refractivity contribution in [2.24, 2.45) is 0 Å². The number of hydrogen-bond acceptors (Lipinski definition) is 3. The fourth-order valence-corrected chi connectivity index (χ4v) is 5.26. The quantitative estimate of drug-likeness (QED) is 0.928. The van der Waals surface area contributed by atoms with Crippen molar-refractivity contribution in [1.29, 1.82) is 0 Å². The fraction of sp³-hybridized carbons (Fsp3) is 0.611. The number of nitrogens with zero attached hydrogens (tertiary/aromatic N) is 1. The van der Waals surface area contributed by atoms with Gasteiger partial charge in [-0.1, -0.05) is 24.3 Å². The molecule has 1 atom stereocenters. The summed E-state index contributed by atoms with van der Waals surface area (Å²) in [6.07, 6.45) is 5.27. The summed E-state index contributed by atoms with van der Waals surface area (Å²) in [6, 6.07) is 10.0. The van der Waals surface area contributed by atoms with Crippen LogP contribution >= 0.6 is 11.8 Å². The van der Waals surface area contributed by atoms with Gasteiger partial charge in [0.05, 0.1) is 0 Å². The van der Waals surface area contributed by atoms with Gasteiger partial charge in [0.15, 0.2) is 0 Å². The predicted octanol–water partition coefficient (Wildman–Crippen LogP) is 2.24. The van der Waals surface area contributed by atoms with Gasteiger partial charge in [-0.3, -0.25) is 4.79 Å². The van der Waals surface area contributed by atoms with Crippen LogP contribution in [0.5, 0.6) is 0 Å². The molecule has 0 bridgehead atoms. The average molecular weight is 316 g/mol. The molecular formula is C18H24N2OS. The fourth-order valence-electron chi connectivity index (χ4n) is 4.15. The van der Waals surface area contributed by atoms with Crippen LogP contribution in [0.25, 0.3) is 0 Å². The highest BCUT2D eigenvalue weighted by molar-refractivity contribution is 7.99. The molecule has 0 aromatic heterocycles. The number of likely N-dealkylation sites (tertiary alicyclic amines) is 1. The van der Waals surface area contributed by atoms with Gasteiger partial charge in [-0.05, 0) is 48.3 Å². The first-order valence-electron chi connectivity index (χ1n) is 8.49. The molecule has 4 rings (SSSR count). The van der Waals surface area contributed by atoms with Crippen molar-refractivity contribution in [3.8, 4) is 0 Å². The summed E-state index contributed by atoms with van der Waals surface area (Å²) in [5.41, 5.74) is 2.86. The predicted molar refractivity (Wildman–Crippen MR) is 91.2 cm³/mol.